The van der Waals surface area contributed by atoms with Crippen LogP contribution in [0.15, 0.2) is 12.3 Å². The molecule has 23 heavy (non-hydrogen) atoms. The highest BCUT2D eigenvalue weighted by atomic mass is 16.6. The van der Waals surface area contributed by atoms with Crippen molar-refractivity contribution in [2.24, 2.45) is 5.92 Å². The fourth-order valence-corrected chi connectivity index (χ4v) is 4.17. The van der Waals surface area contributed by atoms with Crippen molar-refractivity contribution in [1.82, 2.24) is 15.2 Å². The van der Waals surface area contributed by atoms with Gasteiger partial charge in [-0.05, 0) is 45.7 Å². The summed E-state index contributed by atoms with van der Waals surface area (Å²) >= 11 is 0. The van der Waals surface area contributed by atoms with Crippen molar-refractivity contribution in [2.75, 3.05) is 26.3 Å². The predicted octanol–water partition coefficient (Wildman–Crippen LogP) is 1.46. The molecule has 124 valence electrons. The summed E-state index contributed by atoms with van der Waals surface area (Å²) in [6, 6.07) is 1.84. The third-order valence-corrected chi connectivity index (χ3v) is 5.54. The number of rotatable bonds is 2. The molecule has 3 saturated heterocycles. The van der Waals surface area contributed by atoms with Crippen LogP contribution in [0.1, 0.15) is 37.2 Å². The molecule has 1 aromatic rings. The number of pyridine rings is 1. The van der Waals surface area contributed by atoms with Crippen LogP contribution in [0.2, 0.25) is 0 Å². The topological polar surface area (TPSA) is 63.7 Å². The monoisotopic (exact) mass is 317 g/mol. The van der Waals surface area contributed by atoms with Crippen molar-refractivity contribution < 1.29 is 14.3 Å². The summed E-state index contributed by atoms with van der Waals surface area (Å²) in [6.07, 6.45) is 3.89. The second kappa shape index (κ2) is 5.37. The molecule has 0 aliphatic carbocycles. The Morgan fingerprint density at radius 3 is 2.65 bits per heavy atom. The van der Waals surface area contributed by atoms with Crippen LogP contribution in [0.5, 0.6) is 11.5 Å². The molecule has 0 aromatic carbocycles. The molecule has 0 spiro atoms. The Labute approximate surface area is 136 Å². The molecule has 6 nitrogen and oxygen atoms in total. The Morgan fingerprint density at radius 2 is 1.96 bits per heavy atom. The van der Waals surface area contributed by atoms with Gasteiger partial charge in [-0.1, -0.05) is 0 Å². The van der Waals surface area contributed by atoms with E-state index in [-0.39, 0.29) is 17.5 Å². The molecular formula is C17H23N3O3. The minimum Gasteiger partial charge on any atom is -0.486 e. The SMILES string of the molecule is CC1(C)[C@H](NC(=O)c2cc3c(cn2)OCCO3)C2CCN1CC2. The van der Waals surface area contributed by atoms with Crippen molar-refractivity contribution in [2.45, 2.75) is 38.3 Å². The van der Waals surface area contributed by atoms with Crippen LogP contribution in [0.3, 0.4) is 0 Å². The molecule has 1 atom stereocenters. The van der Waals surface area contributed by atoms with Crippen LogP contribution in [0, 0.1) is 5.92 Å². The Kier molecular flexibility index (Phi) is 3.44. The first-order valence-electron chi connectivity index (χ1n) is 8.37. The van der Waals surface area contributed by atoms with Gasteiger partial charge in [-0.2, -0.15) is 0 Å². The lowest BCUT2D eigenvalue weighted by atomic mass is 9.72. The maximum Gasteiger partial charge on any atom is 0.270 e. The highest BCUT2D eigenvalue weighted by molar-refractivity contribution is 5.93. The molecule has 1 N–H and O–H groups in total. The van der Waals surface area contributed by atoms with E-state index in [1.807, 2.05) is 0 Å². The van der Waals surface area contributed by atoms with Gasteiger partial charge in [0.2, 0.25) is 0 Å². The van der Waals surface area contributed by atoms with Crippen LogP contribution in [0.25, 0.3) is 0 Å². The number of amides is 1. The van der Waals surface area contributed by atoms with Crippen LogP contribution < -0.4 is 14.8 Å². The number of nitrogens with zero attached hydrogens (tertiary/aromatic N) is 2. The fraction of sp³-hybridized carbons (Fsp3) is 0.647. The lowest BCUT2D eigenvalue weighted by Gasteiger charge is -2.56. The number of carbonyl (C=O) groups excluding carboxylic acids is 1. The molecule has 5 rings (SSSR count). The molecule has 4 aliphatic rings. The number of fused-ring (bicyclic) bond motifs is 4. The maximum atomic E-state index is 12.7. The Morgan fingerprint density at radius 1 is 1.26 bits per heavy atom. The van der Waals surface area contributed by atoms with E-state index in [0.29, 0.717) is 36.3 Å². The van der Waals surface area contributed by atoms with Crippen LogP contribution in [-0.2, 0) is 0 Å². The van der Waals surface area contributed by atoms with Crippen LogP contribution in [0.4, 0.5) is 0 Å². The molecule has 0 radical (unpaired) electrons. The third kappa shape index (κ3) is 2.45. The second-order valence-electron chi connectivity index (χ2n) is 7.14. The molecule has 1 amide bonds. The van der Waals surface area contributed by atoms with Gasteiger partial charge in [0.1, 0.15) is 18.9 Å². The zero-order chi connectivity index (χ0) is 16.0. The Hall–Kier alpha value is -1.82. The lowest BCUT2D eigenvalue weighted by molar-refractivity contribution is -0.0378. The average molecular weight is 317 g/mol. The van der Waals surface area contributed by atoms with E-state index < -0.39 is 0 Å². The third-order valence-electron chi connectivity index (χ3n) is 5.54. The van der Waals surface area contributed by atoms with E-state index in [2.05, 4.69) is 29.0 Å². The van der Waals surface area contributed by atoms with Gasteiger partial charge >= 0.3 is 0 Å². The highest BCUT2D eigenvalue weighted by Gasteiger charge is 2.48. The van der Waals surface area contributed by atoms with Crippen LogP contribution >= 0.6 is 0 Å². The first kappa shape index (κ1) is 14.8. The Bertz CT molecular complexity index is 624. The van der Waals surface area contributed by atoms with Gasteiger partial charge in [0.25, 0.3) is 5.91 Å². The van der Waals surface area contributed by atoms with E-state index in [1.54, 1.807) is 12.3 Å². The van der Waals surface area contributed by atoms with Gasteiger partial charge in [-0.25, -0.2) is 4.98 Å². The molecule has 1 aromatic heterocycles. The van der Waals surface area contributed by atoms with Gasteiger partial charge < -0.3 is 14.8 Å². The Balaban J connectivity index is 1.53. The standard InChI is InChI=1S/C17H23N3O3/c1-17(2)15(11-3-5-20(17)6-4-11)19-16(21)12-9-13-14(10-18-12)23-8-7-22-13/h9-11,15H,3-8H2,1-2H3,(H,19,21)/t15-/m1/s1. The summed E-state index contributed by atoms with van der Waals surface area (Å²) in [6.45, 7) is 7.73. The van der Waals surface area contributed by atoms with E-state index in [9.17, 15) is 4.79 Å². The quantitative estimate of drug-likeness (QED) is 0.894. The highest BCUT2D eigenvalue weighted by Crippen LogP contribution is 2.39. The van der Waals surface area contributed by atoms with Gasteiger partial charge in [-0.15, -0.1) is 0 Å². The zero-order valence-corrected chi connectivity index (χ0v) is 13.7. The number of aromatic nitrogens is 1. The fourth-order valence-electron chi connectivity index (χ4n) is 4.17. The summed E-state index contributed by atoms with van der Waals surface area (Å²) in [5, 5.41) is 3.22. The minimum atomic E-state index is -0.131. The first-order valence-corrected chi connectivity index (χ1v) is 8.37. The molecule has 6 heteroatoms. The summed E-state index contributed by atoms with van der Waals surface area (Å²) in [7, 11) is 0. The summed E-state index contributed by atoms with van der Waals surface area (Å²) in [5.74, 6) is 1.63. The number of hydrogen-bond acceptors (Lipinski definition) is 5. The van der Waals surface area contributed by atoms with Gasteiger partial charge in [0, 0.05) is 17.6 Å². The minimum absolute atomic E-state index is 0.00928. The van der Waals surface area contributed by atoms with Crippen molar-refractivity contribution in [3.05, 3.63) is 18.0 Å². The van der Waals surface area contributed by atoms with Crippen molar-refractivity contribution in [3.63, 3.8) is 0 Å². The number of hydrogen-bond donors (Lipinski definition) is 1. The van der Waals surface area contributed by atoms with Crippen molar-refractivity contribution in [3.8, 4) is 11.5 Å². The molecule has 4 aliphatic heterocycles. The largest absolute Gasteiger partial charge is 0.486 e. The molecule has 0 unspecified atom stereocenters. The first-order chi connectivity index (χ1) is 11.1. The maximum absolute atomic E-state index is 12.7. The van der Waals surface area contributed by atoms with Gasteiger partial charge in [-0.3, -0.25) is 9.69 Å². The smallest absolute Gasteiger partial charge is 0.270 e. The lowest BCUT2D eigenvalue weighted by Crippen LogP contribution is -2.69. The number of carbonyl (C=O) groups is 1. The summed E-state index contributed by atoms with van der Waals surface area (Å²) in [4.78, 5) is 19.4. The molecular weight excluding hydrogens is 294 g/mol. The second-order valence-corrected chi connectivity index (χ2v) is 7.14. The number of ether oxygens (including phenoxy) is 2. The van der Waals surface area contributed by atoms with Gasteiger partial charge in [0.05, 0.1) is 6.20 Å². The normalized spacial score (nSPS) is 30.8. The van der Waals surface area contributed by atoms with E-state index >= 15 is 0 Å². The van der Waals surface area contributed by atoms with E-state index in [4.69, 9.17) is 9.47 Å². The molecule has 3 fully saturated rings. The molecule has 5 heterocycles. The molecule has 0 saturated carbocycles. The van der Waals surface area contributed by atoms with Crippen LogP contribution in [-0.4, -0.2) is 53.7 Å². The van der Waals surface area contributed by atoms with Gasteiger partial charge in [0.15, 0.2) is 11.5 Å². The summed E-state index contributed by atoms with van der Waals surface area (Å²) < 4.78 is 11.0. The predicted molar refractivity (Wildman–Crippen MR) is 84.9 cm³/mol. The van der Waals surface area contributed by atoms with Crippen molar-refractivity contribution in [1.29, 1.82) is 0 Å². The van der Waals surface area contributed by atoms with E-state index in [1.165, 1.54) is 0 Å². The number of piperidine rings is 3. The van der Waals surface area contributed by atoms with Crippen molar-refractivity contribution >= 4 is 5.91 Å². The van der Waals surface area contributed by atoms with E-state index in [0.717, 1.165) is 25.9 Å². The molecule has 2 bridgehead atoms. The zero-order valence-electron chi connectivity index (χ0n) is 13.7. The summed E-state index contributed by atoms with van der Waals surface area (Å²) in [5.41, 5.74) is 0.381. The average Bonchev–Trinajstić information content (AvgIpc) is 2.58. The number of nitrogens with one attached hydrogen (secondary N) is 1.